The highest BCUT2D eigenvalue weighted by Crippen LogP contribution is 2.40. The van der Waals surface area contributed by atoms with E-state index < -0.39 is 24.4 Å². The van der Waals surface area contributed by atoms with Crippen molar-refractivity contribution in [2.45, 2.75) is 70.7 Å². The van der Waals surface area contributed by atoms with Crippen LogP contribution in [0.2, 0.25) is 0 Å². The quantitative estimate of drug-likeness (QED) is 0.0436. The number of benzene rings is 2. The zero-order chi connectivity index (χ0) is 50.6. The van der Waals surface area contributed by atoms with Crippen LogP contribution >= 0.6 is 22.7 Å². The summed E-state index contributed by atoms with van der Waals surface area (Å²) in [6.07, 6.45) is 8.40. The molecule has 8 aromatic rings. The maximum atomic E-state index is 14.0. The van der Waals surface area contributed by atoms with E-state index in [1.165, 1.54) is 22.7 Å². The molecular weight excluding hydrogens is 972 g/mol. The Labute approximate surface area is 427 Å². The van der Waals surface area contributed by atoms with Crippen molar-refractivity contribution < 1.29 is 29.3 Å². The molecule has 4 amide bonds. The predicted octanol–water partition coefficient (Wildman–Crippen LogP) is 7.49. The zero-order valence-corrected chi connectivity index (χ0v) is 41.6. The third-order valence-corrected chi connectivity index (χ3v) is 14.6. The Hall–Kier alpha value is -7.05. The molecule has 3 unspecified atom stereocenters. The summed E-state index contributed by atoms with van der Waals surface area (Å²) in [6, 6.07) is 14.9. The number of urea groups is 2. The Morgan fingerprint density at radius 3 is 1.75 bits per heavy atom. The second-order valence-electron chi connectivity index (χ2n) is 18.2. The van der Waals surface area contributed by atoms with Gasteiger partial charge < -0.3 is 26.0 Å². The number of halogens is 1. The first-order chi connectivity index (χ1) is 35.4. The van der Waals surface area contributed by atoms with Gasteiger partial charge in [0.1, 0.15) is 18.4 Å². The molecule has 0 saturated carbocycles. The fourth-order valence-corrected chi connectivity index (χ4v) is 10.8. The molecule has 2 aliphatic heterocycles. The number of thiazole rings is 2. The molecular formula is C51H53FN14O5S2. The minimum Gasteiger partial charge on any atom is -0.390 e. The van der Waals surface area contributed by atoms with Crippen molar-refractivity contribution in [1.29, 1.82) is 0 Å². The van der Waals surface area contributed by atoms with Crippen LogP contribution in [-0.2, 0) is 13.1 Å². The van der Waals surface area contributed by atoms with Crippen molar-refractivity contribution in [3.8, 4) is 44.8 Å². The standard InChI is InChI=1S/C51H53FN14O5S2/c1-3-53-48(70)63-50-61-41-18-32(16-38(44(41)72-50)40-14-30(7-11-55-40)24-66-26-36(68)27-66)34-21-59-47(60-22-34)43(69)5-4-9-56-49(71)64-51-62-42-17-31(33-19-57-46(28(2)67)58-20-33)15-37(45(42)73-51)39-13-29(6-10-54-39)23-65-12-8-35(52)25-65/h6-7,10-11,13-22,28,35-36,43,67-69H,3-5,8-9,12,23-27H2,1-2H3,(H2,53,61,63,70)(H2,56,62,64,71). The lowest BCUT2D eigenvalue weighted by atomic mass is 10.0. The number of hydrogen-bond acceptors (Lipinski definition) is 17. The van der Waals surface area contributed by atoms with E-state index in [-0.39, 0.29) is 30.9 Å². The van der Waals surface area contributed by atoms with Crippen molar-refractivity contribution in [2.75, 3.05) is 49.9 Å². The molecule has 73 heavy (non-hydrogen) atoms. The molecule has 10 rings (SSSR count). The number of nitrogens with one attached hydrogen (secondary N) is 4. The van der Waals surface area contributed by atoms with Gasteiger partial charge in [-0.15, -0.1) is 0 Å². The highest BCUT2D eigenvalue weighted by molar-refractivity contribution is 7.23. The number of amides is 4. The molecule has 2 aromatic carbocycles. The number of nitrogens with zero attached hydrogens (tertiary/aromatic N) is 10. The van der Waals surface area contributed by atoms with E-state index in [0.29, 0.717) is 103 Å². The van der Waals surface area contributed by atoms with E-state index in [1.807, 2.05) is 55.5 Å². The van der Waals surface area contributed by atoms with Crippen LogP contribution < -0.4 is 21.3 Å². The molecule has 22 heteroatoms. The van der Waals surface area contributed by atoms with E-state index in [9.17, 15) is 29.3 Å². The molecule has 0 aliphatic carbocycles. The lowest BCUT2D eigenvalue weighted by Gasteiger charge is -2.35. The van der Waals surface area contributed by atoms with E-state index in [0.717, 1.165) is 48.5 Å². The summed E-state index contributed by atoms with van der Waals surface area (Å²) in [6.45, 7) is 7.77. The van der Waals surface area contributed by atoms with Gasteiger partial charge in [0.25, 0.3) is 0 Å². The summed E-state index contributed by atoms with van der Waals surface area (Å²) >= 11 is 2.66. The average Bonchev–Trinajstić information content (AvgIpc) is 4.11. The molecule has 376 valence electrons. The molecule has 7 N–H and O–H groups in total. The third-order valence-electron chi connectivity index (χ3n) is 12.5. The predicted molar refractivity (Wildman–Crippen MR) is 278 cm³/mol. The lowest BCUT2D eigenvalue weighted by molar-refractivity contribution is -0.00286. The monoisotopic (exact) mass is 1020 g/mol. The summed E-state index contributed by atoms with van der Waals surface area (Å²) in [4.78, 5) is 66.6. The second-order valence-corrected chi connectivity index (χ2v) is 20.2. The Kier molecular flexibility index (Phi) is 14.9. The molecule has 0 spiro atoms. The molecule has 2 saturated heterocycles. The first-order valence-corrected chi connectivity index (χ1v) is 25.7. The van der Waals surface area contributed by atoms with Crippen molar-refractivity contribution in [1.82, 2.24) is 60.3 Å². The molecule has 2 fully saturated rings. The van der Waals surface area contributed by atoms with Gasteiger partial charge in [0.15, 0.2) is 21.9 Å². The van der Waals surface area contributed by atoms with Crippen LogP contribution in [0.4, 0.5) is 24.2 Å². The van der Waals surface area contributed by atoms with Crippen LogP contribution in [0.3, 0.4) is 0 Å². The first kappa shape index (κ1) is 49.5. The number of anilines is 2. The van der Waals surface area contributed by atoms with Crippen molar-refractivity contribution >= 4 is 65.4 Å². The number of aromatic nitrogens is 8. The van der Waals surface area contributed by atoms with Gasteiger partial charge in [-0.2, -0.15) is 0 Å². The van der Waals surface area contributed by atoms with Gasteiger partial charge in [-0.25, -0.2) is 43.9 Å². The number of aliphatic hydroxyl groups is 3. The van der Waals surface area contributed by atoms with Crippen LogP contribution in [0.25, 0.3) is 65.2 Å². The largest absolute Gasteiger partial charge is 0.390 e. The van der Waals surface area contributed by atoms with Gasteiger partial charge in [0, 0.05) is 112 Å². The maximum absolute atomic E-state index is 14.0. The average molecular weight is 1030 g/mol. The second kappa shape index (κ2) is 22.0. The third kappa shape index (κ3) is 11.8. The van der Waals surface area contributed by atoms with Crippen LogP contribution in [-0.4, -0.2) is 129 Å². The normalized spacial score (nSPS) is 16.1. The summed E-state index contributed by atoms with van der Waals surface area (Å²) in [7, 11) is 0. The van der Waals surface area contributed by atoms with Crippen molar-refractivity contribution in [2.24, 2.45) is 0 Å². The Bertz CT molecular complexity index is 3260. The number of aliphatic hydroxyl groups excluding tert-OH is 3. The number of rotatable bonds is 17. The lowest BCUT2D eigenvalue weighted by Crippen LogP contribution is -2.49. The van der Waals surface area contributed by atoms with Gasteiger partial charge >= 0.3 is 12.1 Å². The van der Waals surface area contributed by atoms with Crippen LogP contribution in [0.5, 0.6) is 0 Å². The summed E-state index contributed by atoms with van der Waals surface area (Å²) in [5.41, 5.74) is 9.31. The SMILES string of the molecule is CCNC(=O)Nc1nc2cc(-c3cnc(C(O)CCCNC(=O)Nc4nc5cc(-c6cnc(C(C)O)nc6)cc(-c6cc(CN7CCC(F)C7)ccn6)c5s4)nc3)cc(-c3cc(CN4CC(O)C4)ccn3)c2s1. The van der Waals surface area contributed by atoms with E-state index >= 15 is 0 Å². The fraction of sp³-hybridized carbons (Fsp3) is 0.333. The first-order valence-electron chi connectivity index (χ1n) is 24.1. The van der Waals surface area contributed by atoms with Crippen LogP contribution in [0.15, 0.2) is 85.7 Å². The van der Waals surface area contributed by atoms with E-state index in [2.05, 4.69) is 51.0 Å². The van der Waals surface area contributed by atoms with Gasteiger partial charge in [-0.05, 0) is 104 Å². The number of alkyl halides is 1. The van der Waals surface area contributed by atoms with E-state index in [1.54, 1.807) is 44.1 Å². The number of hydrogen-bond donors (Lipinski definition) is 7. The Morgan fingerprint density at radius 2 is 1.25 bits per heavy atom. The van der Waals surface area contributed by atoms with Crippen LogP contribution in [0.1, 0.15) is 68.1 Å². The van der Waals surface area contributed by atoms with Crippen LogP contribution in [0, 0.1) is 0 Å². The number of carbonyl (C=O) groups excluding carboxylic acids is 2. The highest BCUT2D eigenvalue weighted by atomic mass is 32.1. The zero-order valence-electron chi connectivity index (χ0n) is 40.0. The van der Waals surface area contributed by atoms with Gasteiger partial charge in [0.05, 0.1) is 37.9 Å². The number of pyridine rings is 2. The molecule has 0 radical (unpaired) electrons. The highest BCUT2D eigenvalue weighted by Gasteiger charge is 2.25. The van der Waals surface area contributed by atoms with Gasteiger partial charge in [-0.3, -0.25) is 30.4 Å². The number of carbonyl (C=O) groups is 2. The van der Waals surface area contributed by atoms with Crippen molar-refractivity contribution in [3.63, 3.8) is 0 Å². The maximum Gasteiger partial charge on any atom is 0.321 e. The smallest absolute Gasteiger partial charge is 0.321 e. The molecule has 0 bridgehead atoms. The fourth-order valence-electron chi connectivity index (χ4n) is 8.87. The van der Waals surface area contributed by atoms with E-state index in [4.69, 9.17) is 19.9 Å². The molecule has 19 nitrogen and oxygen atoms in total. The topological polar surface area (TPSA) is 253 Å². The van der Waals surface area contributed by atoms with Gasteiger partial charge in [-0.1, -0.05) is 22.7 Å². The molecule has 6 aromatic heterocycles. The molecule has 3 atom stereocenters. The molecule has 2 aliphatic rings. The number of fused-ring (bicyclic) bond motifs is 2. The Morgan fingerprint density at radius 1 is 0.712 bits per heavy atom. The van der Waals surface area contributed by atoms with Crippen molar-refractivity contribution in [3.05, 3.63) is 108 Å². The number of likely N-dealkylation sites (tertiary alicyclic amines) is 2. The minimum atomic E-state index is -0.994. The Balaban J connectivity index is 0.800. The van der Waals surface area contributed by atoms with Gasteiger partial charge in [0.2, 0.25) is 0 Å². The molecule has 8 heterocycles. The number of β-amino-alcohol motifs (C(OH)–C–C–N with tert-alkyl or cyclic N) is 1. The summed E-state index contributed by atoms with van der Waals surface area (Å²) < 4.78 is 15.6. The summed E-state index contributed by atoms with van der Waals surface area (Å²) in [5, 5.41) is 43.0. The summed E-state index contributed by atoms with van der Waals surface area (Å²) in [5.74, 6) is 0.543. The minimum absolute atomic E-state index is 0.238.